The lowest BCUT2D eigenvalue weighted by molar-refractivity contribution is -0.137. The molecule has 0 unspecified atom stereocenters. The van der Waals surface area contributed by atoms with Crippen LogP contribution in [0.2, 0.25) is 0 Å². The molecule has 29 heavy (non-hydrogen) atoms. The Morgan fingerprint density at radius 1 is 1.14 bits per heavy atom. The molecule has 0 saturated carbocycles. The zero-order valence-electron chi connectivity index (χ0n) is 17.5. The molecule has 2 aliphatic heterocycles. The maximum atomic E-state index is 12.6. The Balaban J connectivity index is 1.42. The number of carbonyl (C=O) groups is 2. The molecule has 0 bridgehead atoms. The molecule has 0 aliphatic carbocycles. The van der Waals surface area contributed by atoms with E-state index >= 15 is 0 Å². The number of carbonyl (C=O) groups excluding carboxylic acids is 2. The number of nitrogens with zero attached hydrogens (tertiary/aromatic N) is 2. The predicted octanol–water partition coefficient (Wildman–Crippen LogP) is 1.23. The highest BCUT2D eigenvalue weighted by Gasteiger charge is 2.34. The van der Waals surface area contributed by atoms with Gasteiger partial charge < -0.3 is 20.5 Å². The van der Waals surface area contributed by atoms with E-state index in [2.05, 4.69) is 11.8 Å². The van der Waals surface area contributed by atoms with E-state index < -0.39 is 5.60 Å². The van der Waals surface area contributed by atoms with Gasteiger partial charge in [-0.1, -0.05) is 6.07 Å². The second-order valence-electron chi connectivity index (χ2n) is 8.59. The lowest BCUT2D eigenvalue weighted by atomic mass is 9.92. The van der Waals surface area contributed by atoms with Gasteiger partial charge in [0, 0.05) is 32.1 Å². The number of ether oxygens (including phenoxy) is 1. The summed E-state index contributed by atoms with van der Waals surface area (Å²) in [6.45, 7) is 7.23. The zero-order chi connectivity index (χ0) is 21.0. The number of rotatable bonds is 6. The number of nitrogens with two attached hydrogens (primary N) is 1. The second-order valence-corrected chi connectivity index (χ2v) is 8.59. The summed E-state index contributed by atoms with van der Waals surface area (Å²) in [4.78, 5) is 27.7. The molecule has 7 nitrogen and oxygen atoms in total. The van der Waals surface area contributed by atoms with Gasteiger partial charge in [0.2, 0.25) is 11.8 Å². The highest BCUT2D eigenvalue weighted by molar-refractivity contribution is 5.80. The lowest BCUT2D eigenvalue weighted by Gasteiger charge is -2.39. The monoisotopic (exact) mass is 403 g/mol. The molecule has 2 amide bonds. The number of hydrogen-bond donors (Lipinski definition) is 2. The van der Waals surface area contributed by atoms with Crippen LogP contribution in [0.5, 0.6) is 5.75 Å². The van der Waals surface area contributed by atoms with Crippen molar-refractivity contribution in [2.45, 2.75) is 45.1 Å². The SMILES string of the molecule is Cc1ccc(OCC2(O)CCN(CC(=O)N3CCC(C(N)=O)CC3)CC2)cc1C. The van der Waals surface area contributed by atoms with Gasteiger partial charge in [0.05, 0.1) is 6.54 Å². The fourth-order valence-electron chi connectivity index (χ4n) is 4.00. The van der Waals surface area contributed by atoms with Gasteiger partial charge in [0.15, 0.2) is 0 Å². The number of hydrogen-bond acceptors (Lipinski definition) is 5. The van der Waals surface area contributed by atoms with Crippen LogP contribution in [-0.2, 0) is 9.59 Å². The van der Waals surface area contributed by atoms with Crippen molar-refractivity contribution in [3.63, 3.8) is 0 Å². The van der Waals surface area contributed by atoms with Crippen LogP contribution in [0.3, 0.4) is 0 Å². The van der Waals surface area contributed by atoms with Gasteiger partial charge in [-0.15, -0.1) is 0 Å². The maximum Gasteiger partial charge on any atom is 0.236 e. The Bertz CT molecular complexity index is 736. The van der Waals surface area contributed by atoms with Crippen LogP contribution in [0, 0.1) is 19.8 Å². The minimum Gasteiger partial charge on any atom is -0.491 e. The molecule has 2 heterocycles. The van der Waals surface area contributed by atoms with Gasteiger partial charge in [-0.3, -0.25) is 14.5 Å². The third kappa shape index (κ3) is 5.70. The summed E-state index contributed by atoms with van der Waals surface area (Å²) in [5, 5.41) is 10.8. The number of likely N-dealkylation sites (tertiary alicyclic amines) is 2. The van der Waals surface area contributed by atoms with Gasteiger partial charge in [0.1, 0.15) is 18.0 Å². The van der Waals surface area contributed by atoms with Gasteiger partial charge in [-0.05, 0) is 62.8 Å². The molecule has 3 N–H and O–H groups in total. The third-order valence-electron chi connectivity index (χ3n) is 6.38. The first-order valence-electron chi connectivity index (χ1n) is 10.5. The van der Waals surface area contributed by atoms with Gasteiger partial charge in [0.25, 0.3) is 0 Å². The van der Waals surface area contributed by atoms with Crippen molar-refractivity contribution < 1.29 is 19.4 Å². The minimum absolute atomic E-state index is 0.0877. The van der Waals surface area contributed by atoms with Gasteiger partial charge in [-0.25, -0.2) is 0 Å². The van der Waals surface area contributed by atoms with E-state index in [1.165, 1.54) is 11.1 Å². The fourth-order valence-corrected chi connectivity index (χ4v) is 4.00. The van der Waals surface area contributed by atoms with Crippen LogP contribution in [0.4, 0.5) is 0 Å². The number of piperidine rings is 2. The smallest absolute Gasteiger partial charge is 0.236 e. The zero-order valence-corrected chi connectivity index (χ0v) is 17.5. The molecule has 0 aromatic heterocycles. The van der Waals surface area contributed by atoms with Crippen LogP contribution in [0.25, 0.3) is 0 Å². The average Bonchev–Trinajstić information content (AvgIpc) is 2.71. The van der Waals surface area contributed by atoms with Gasteiger partial charge >= 0.3 is 0 Å². The maximum absolute atomic E-state index is 12.6. The van der Waals surface area contributed by atoms with Crippen LogP contribution < -0.4 is 10.5 Å². The van der Waals surface area contributed by atoms with E-state index in [0.29, 0.717) is 58.4 Å². The van der Waals surface area contributed by atoms with Crippen molar-refractivity contribution in [3.8, 4) is 5.75 Å². The molecule has 2 fully saturated rings. The van der Waals surface area contributed by atoms with Crippen molar-refractivity contribution in [2.24, 2.45) is 11.7 Å². The highest BCUT2D eigenvalue weighted by Crippen LogP contribution is 2.25. The second kappa shape index (κ2) is 9.13. The first kappa shape index (κ1) is 21.6. The Morgan fingerprint density at radius 3 is 2.38 bits per heavy atom. The molecule has 160 valence electrons. The van der Waals surface area contributed by atoms with Crippen molar-refractivity contribution in [3.05, 3.63) is 29.3 Å². The number of aliphatic hydroxyl groups is 1. The Hall–Kier alpha value is -2.12. The predicted molar refractivity (Wildman–Crippen MR) is 111 cm³/mol. The normalized spacial score (nSPS) is 20.4. The molecule has 0 spiro atoms. The standard InChI is InChI=1S/C22H33N3O4/c1-16-3-4-19(13-17(16)2)29-15-22(28)7-11-24(12-8-22)14-20(26)25-9-5-18(6-10-25)21(23)27/h3-4,13,18,28H,5-12,14-15H2,1-2H3,(H2,23,27). The number of amides is 2. The Kier molecular flexibility index (Phi) is 6.80. The molecule has 2 aliphatic rings. The highest BCUT2D eigenvalue weighted by atomic mass is 16.5. The van der Waals surface area contributed by atoms with Crippen LogP contribution in [-0.4, -0.2) is 71.7 Å². The Morgan fingerprint density at radius 2 is 1.79 bits per heavy atom. The van der Waals surface area contributed by atoms with Crippen molar-refractivity contribution in [1.29, 1.82) is 0 Å². The van der Waals surface area contributed by atoms with Crippen LogP contribution >= 0.6 is 0 Å². The molecule has 0 atom stereocenters. The summed E-state index contributed by atoms with van der Waals surface area (Å²) in [5.74, 6) is 0.486. The first-order valence-corrected chi connectivity index (χ1v) is 10.5. The number of primary amides is 1. The molecular weight excluding hydrogens is 370 g/mol. The summed E-state index contributed by atoms with van der Waals surface area (Å²) < 4.78 is 5.84. The Labute approximate surface area is 172 Å². The van der Waals surface area contributed by atoms with E-state index in [4.69, 9.17) is 10.5 Å². The third-order valence-corrected chi connectivity index (χ3v) is 6.38. The molecule has 3 rings (SSSR count). The lowest BCUT2D eigenvalue weighted by Crippen LogP contribution is -2.51. The van der Waals surface area contributed by atoms with E-state index in [-0.39, 0.29) is 24.3 Å². The average molecular weight is 404 g/mol. The van der Waals surface area contributed by atoms with Crippen LogP contribution in [0.1, 0.15) is 36.8 Å². The van der Waals surface area contributed by atoms with E-state index in [1.807, 2.05) is 30.0 Å². The number of benzene rings is 1. The van der Waals surface area contributed by atoms with Crippen molar-refractivity contribution >= 4 is 11.8 Å². The molecule has 1 aromatic rings. The fraction of sp³-hybridized carbons (Fsp3) is 0.636. The van der Waals surface area contributed by atoms with E-state index in [9.17, 15) is 14.7 Å². The number of aryl methyl sites for hydroxylation is 2. The van der Waals surface area contributed by atoms with E-state index in [0.717, 1.165) is 5.75 Å². The van der Waals surface area contributed by atoms with Gasteiger partial charge in [-0.2, -0.15) is 0 Å². The van der Waals surface area contributed by atoms with E-state index in [1.54, 1.807) is 0 Å². The molecule has 0 radical (unpaired) electrons. The first-order chi connectivity index (χ1) is 13.8. The molecular formula is C22H33N3O4. The summed E-state index contributed by atoms with van der Waals surface area (Å²) in [5.41, 5.74) is 6.88. The topological polar surface area (TPSA) is 96.1 Å². The van der Waals surface area contributed by atoms with Crippen molar-refractivity contribution in [1.82, 2.24) is 9.80 Å². The largest absolute Gasteiger partial charge is 0.491 e. The summed E-state index contributed by atoms with van der Waals surface area (Å²) in [7, 11) is 0. The van der Waals surface area contributed by atoms with Crippen LogP contribution in [0.15, 0.2) is 18.2 Å². The molecule has 7 heteroatoms. The summed E-state index contributed by atoms with van der Waals surface area (Å²) >= 11 is 0. The molecule has 1 aromatic carbocycles. The minimum atomic E-state index is -0.863. The summed E-state index contributed by atoms with van der Waals surface area (Å²) in [6.07, 6.45) is 2.46. The van der Waals surface area contributed by atoms with Crippen molar-refractivity contribution in [2.75, 3.05) is 39.3 Å². The quantitative estimate of drug-likeness (QED) is 0.745. The summed E-state index contributed by atoms with van der Waals surface area (Å²) in [6, 6.07) is 5.95. The molecule has 2 saturated heterocycles.